The van der Waals surface area contributed by atoms with Crippen molar-refractivity contribution in [2.45, 2.75) is 6.42 Å². The van der Waals surface area contributed by atoms with Crippen LogP contribution >= 0.6 is 22.9 Å². The molecule has 16 heavy (non-hydrogen) atoms. The van der Waals surface area contributed by atoms with Crippen LogP contribution in [-0.4, -0.2) is 11.5 Å². The first-order valence-electron chi connectivity index (χ1n) is 4.93. The smallest absolute Gasteiger partial charge is 0.0942 e. The number of nitrogens with zero attached hydrogens (tertiary/aromatic N) is 1. The molecule has 0 bridgehead atoms. The molecule has 3 nitrogen and oxygen atoms in total. The minimum Gasteiger partial charge on any atom is -0.399 e. The fraction of sp³-hybridized carbons (Fsp3) is 0.182. The number of benzene rings is 1. The fourth-order valence-corrected chi connectivity index (χ4v) is 2.23. The molecule has 1 aromatic heterocycles. The second kappa shape index (κ2) is 5.18. The topological polar surface area (TPSA) is 50.9 Å². The second-order valence-electron chi connectivity index (χ2n) is 3.34. The maximum Gasteiger partial charge on any atom is 0.0942 e. The van der Waals surface area contributed by atoms with Crippen molar-refractivity contribution < 1.29 is 0 Å². The van der Waals surface area contributed by atoms with E-state index in [1.54, 1.807) is 17.4 Å². The van der Waals surface area contributed by atoms with Crippen LogP contribution in [0, 0.1) is 0 Å². The monoisotopic (exact) mass is 253 g/mol. The van der Waals surface area contributed by atoms with Gasteiger partial charge in [0.1, 0.15) is 0 Å². The Kier molecular flexibility index (Phi) is 3.64. The van der Waals surface area contributed by atoms with Gasteiger partial charge < -0.3 is 11.1 Å². The summed E-state index contributed by atoms with van der Waals surface area (Å²) < 4.78 is 0. The number of aromatic nitrogens is 1. The molecule has 2 aromatic rings. The summed E-state index contributed by atoms with van der Waals surface area (Å²) in [6.45, 7) is 0.817. The molecule has 5 heteroatoms. The highest BCUT2D eigenvalue weighted by Gasteiger charge is 2.00. The standard InChI is InChI=1S/C11H12ClN3S/c12-9-7-8(13)1-2-10(9)14-4-3-11-15-5-6-16-11/h1-2,5-7,14H,3-4,13H2. The van der Waals surface area contributed by atoms with Crippen LogP contribution in [0.4, 0.5) is 11.4 Å². The van der Waals surface area contributed by atoms with Gasteiger partial charge in [-0.25, -0.2) is 4.98 Å². The SMILES string of the molecule is Nc1ccc(NCCc2nccs2)c(Cl)c1. The third-order valence-corrected chi connectivity index (χ3v) is 3.28. The van der Waals surface area contributed by atoms with E-state index in [4.69, 9.17) is 17.3 Å². The molecule has 0 aliphatic carbocycles. The Morgan fingerprint density at radius 3 is 3.00 bits per heavy atom. The number of hydrogen-bond acceptors (Lipinski definition) is 4. The first-order chi connectivity index (χ1) is 7.75. The predicted molar refractivity (Wildman–Crippen MR) is 70.2 cm³/mol. The van der Waals surface area contributed by atoms with E-state index >= 15 is 0 Å². The normalized spacial score (nSPS) is 10.3. The molecular formula is C11H12ClN3S. The van der Waals surface area contributed by atoms with Gasteiger partial charge in [-0.05, 0) is 18.2 Å². The number of nitrogens with two attached hydrogens (primary N) is 1. The first-order valence-corrected chi connectivity index (χ1v) is 6.19. The molecule has 1 aromatic carbocycles. The lowest BCUT2D eigenvalue weighted by molar-refractivity contribution is 0.998. The lowest BCUT2D eigenvalue weighted by atomic mass is 10.3. The maximum absolute atomic E-state index is 6.03. The number of anilines is 2. The average molecular weight is 254 g/mol. The lowest BCUT2D eigenvalue weighted by Gasteiger charge is -2.07. The highest BCUT2D eigenvalue weighted by Crippen LogP contribution is 2.23. The summed E-state index contributed by atoms with van der Waals surface area (Å²) in [6.07, 6.45) is 2.72. The van der Waals surface area contributed by atoms with Crippen molar-refractivity contribution in [3.63, 3.8) is 0 Å². The van der Waals surface area contributed by atoms with Crippen LogP contribution in [0.3, 0.4) is 0 Å². The molecule has 0 saturated carbocycles. The molecule has 0 atom stereocenters. The molecule has 0 saturated heterocycles. The van der Waals surface area contributed by atoms with E-state index in [9.17, 15) is 0 Å². The van der Waals surface area contributed by atoms with Gasteiger partial charge in [-0.15, -0.1) is 11.3 Å². The molecule has 0 radical (unpaired) electrons. The van der Waals surface area contributed by atoms with E-state index in [-0.39, 0.29) is 0 Å². The van der Waals surface area contributed by atoms with Crippen molar-refractivity contribution in [3.8, 4) is 0 Å². The third-order valence-electron chi connectivity index (χ3n) is 2.13. The molecule has 3 N–H and O–H groups in total. The average Bonchev–Trinajstić information content (AvgIpc) is 2.74. The highest BCUT2D eigenvalue weighted by molar-refractivity contribution is 7.09. The Morgan fingerprint density at radius 1 is 1.44 bits per heavy atom. The molecule has 0 aliphatic heterocycles. The van der Waals surface area contributed by atoms with E-state index in [0.29, 0.717) is 10.7 Å². The lowest BCUT2D eigenvalue weighted by Crippen LogP contribution is -2.05. The molecule has 84 valence electrons. The Balaban J connectivity index is 1.90. The first kappa shape index (κ1) is 11.2. The zero-order valence-electron chi connectivity index (χ0n) is 8.61. The number of nitrogen functional groups attached to an aromatic ring is 1. The third kappa shape index (κ3) is 2.87. The van der Waals surface area contributed by atoms with Crippen LogP contribution in [0.5, 0.6) is 0 Å². The summed E-state index contributed by atoms with van der Waals surface area (Å²) in [5, 5.41) is 7.01. The number of nitrogens with one attached hydrogen (secondary N) is 1. The number of rotatable bonds is 4. The van der Waals surface area contributed by atoms with Gasteiger partial charge in [-0.3, -0.25) is 0 Å². The van der Waals surface area contributed by atoms with Crippen molar-refractivity contribution in [1.82, 2.24) is 4.98 Å². The molecule has 2 rings (SSSR count). The van der Waals surface area contributed by atoms with Gasteiger partial charge in [0, 0.05) is 30.2 Å². The molecule has 0 unspecified atom stereocenters. The molecule has 0 amide bonds. The fourth-order valence-electron chi connectivity index (χ4n) is 1.36. The summed E-state index contributed by atoms with van der Waals surface area (Å²) in [5.74, 6) is 0. The minimum absolute atomic E-state index is 0.652. The van der Waals surface area contributed by atoms with Gasteiger partial charge in [0.15, 0.2) is 0 Å². The molecule has 1 heterocycles. The summed E-state index contributed by atoms with van der Waals surface area (Å²) >= 11 is 7.70. The van der Waals surface area contributed by atoms with Crippen LogP contribution < -0.4 is 11.1 Å². The Bertz CT molecular complexity index is 456. The highest BCUT2D eigenvalue weighted by atomic mass is 35.5. The summed E-state index contributed by atoms with van der Waals surface area (Å²) in [5.41, 5.74) is 7.20. The molecular weight excluding hydrogens is 242 g/mol. The van der Waals surface area contributed by atoms with Gasteiger partial charge >= 0.3 is 0 Å². The zero-order chi connectivity index (χ0) is 11.4. The van der Waals surface area contributed by atoms with Crippen LogP contribution in [0.2, 0.25) is 5.02 Å². The van der Waals surface area contributed by atoms with Crippen molar-refractivity contribution in [2.24, 2.45) is 0 Å². The minimum atomic E-state index is 0.652. The van der Waals surface area contributed by atoms with Crippen LogP contribution in [0.1, 0.15) is 5.01 Å². The van der Waals surface area contributed by atoms with Crippen LogP contribution in [0.15, 0.2) is 29.8 Å². The van der Waals surface area contributed by atoms with Crippen LogP contribution in [0.25, 0.3) is 0 Å². The van der Waals surface area contributed by atoms with Crippen molar-refractivity contribution in [2.75, 3.05) is 17.6 Å². The van der Waals surface area contributed by atoms with E-state index in [0.717, 1.165) is 23.7 Å². The Labute approximate surface area is 103 Å². The van der Waals surface area contributed by atoms with Gasteiger partial charge in [-0.1, -0.05) is 11.6 Å². The van der Waals surface area contributed by atoms with E-state index in [1.807, 2.05) is 23.7 Å². The van der Waals surface area contributed by atoms with Crippen LogP contribution in [-0.2, 0) is 6.42 Å². The molecule has 0 fully saturated rings. The van der Waals surface area contributed by atoms with E-state index < -0.39 is 0 Å². The van der Waals surface area contributed by atoms with Crippen molar-refractivity contribution in [1.29, 1.82) is 0 Å². The quantitative estimate of drug-likeness (QED) is 0.824. The van der Waals surface area contributed by atoms with Crippen molar-refractivity contribution >= 4 is 34.3 Å². The summed E-state index contributed by atoms with van der Waals surface area (Å²) in [4.78, 5) is 4.21. The van der Waals surface area contributed by atoms with E-state index in [1.165, 1.54) is 0 Å². The van der Waals surface area contributed by atoms with Gasteiger partial charge in [-0.2, -0.15) is 0 Å². The Hall–Kier alpha value is -1.26. The van der Waals surface area contributed by atoms with Gasteiger partial charge in [0.25, 0.3) is 0 Å². The summed E-state index contributed by atoms with van der Waals surface area (Å²) in [6, 6.07) is 5.46. The zero-order valence-corrected chi connectivity index (χ0v) is 10.2. The van der Waals surface area contributed by atoms with E-state index in [2.05, 4.69) is 10.3 Å². The largest absolute Gasteiger partial charge is 0.399 e. The summed E-state index contributed by atoms with van der Waals surface area (Å²) in [7, 11) is 0. The molecule has 0 spiro atoms. The predicted octanol–water partition coefficient (Wildman–Crippen LogP) is 3.03. The van der Waals surface area contributed by atoms with Gasteiger partial charge in [0.05, 0.1) is 15.7 Å². The van der Waals surface area contributed by atoms with Crippen molar-refractivity contribution in [3.05, 3.63) is 39.8 Å². The number of hydrogen-bond donors (Lipinski definition) is 2. The maximum atomic E-state index is 6.03. The number of halogens is 1. The Morgan fingerprint density at radius 2 is 2.31 bits per heavy atom. The number of thiazole rings is 1. The van der Waals surface area contributed by atoms with Gasteiger partial charge in [0.2, 0.25) is 0 Å². The molecule has 0 aliphatic rings. The second-order valence-corrected chi connectivity index (χ2v) is 4.73.